The van der Waals surface area contributed by atoms with Gasteiger partial charge in [-0.2, -0.15) is 0 Å². The van der Waals surface area contributed by atoms with Crippen LogP contribution in [0.5, 0.6) is 5.75 Å². The van der Waals surface area contributed by atoms with E-state index in [9.17, 15) is 4.79 Å². The number of amides is 1. The Bertz CT molecular complexity index is 599. The summed E-state index contributed by atoms with van der Waals surface area (Å²) >= 11 is 0. The first-order valence-electron chi connectivity index (χ1n) is 7.37. The standard InChI is InChI=1S/C18H22N2O2/c1-22-17-9-5-8-16(12-17)13-18(21)20(11-10-19)14-15-6-3-2-4-7-15/h2-9,12H,10-11,13-14,19H2,1H3. The summed E-state index contributed by atoms with van der Waals surface area (Å²) in [7, 11) is 1.62. The van der Waals surface area contributed by atoms with Gasteiger partial charge in [0.2, 0.25) is 5.91 Å². The lowest BCUT2D eigenvalue weighted by molar-refractivity contribution is -0.131. The van der Waals surface area contributed by atoms with Crippen LogP contribution in [0.25, 0.3) is 0 Å². The minimum Gasteiger partial charge on any atom is -0.497 e. The van der Waals surface area contributed by atoms with Crippen molar-refractivity contribution in [1.29, 1.82) is 0 Å². The Morgan fingerprint density at radius 3 is 2.50 bits per heavy atom. The van der Waals surface area contributed by atoms with Crippen molar-refractivity contribution in [3.63, 3.8) is 0 Å². The lowest BCUT2D eigenvalue weighted by atomic mass is 10.1. The maximum atomic E-state index is 12.5. The quantitative estimate of drug-likeness (QED) is 0.853. The highest BCUT2D eigenvalue weighted by atomic mass is 16.5. The van der Waals surface area contributed by atoms with Gasteiger partial charge in [0.15, 0.2) is 0 Å². The number of hydrogen-bond donors (Lipinski definition) is 1. The van der Waals surface area contributed by atoms with Crippen molar-refractivity contribution in [3.05, 3.63) is 65.7 Å². The van der Waals surface area contributed by atoms with Crippen LogP contribution in [0, 0.1) is 0 Å². The number of rotatable bonds is 7. The summed E-state index contributed by atoms with van der Waals surface area (Å²) in [5, 5.41) is 0. The molecule has 1 amide bonds. The van der Waals surface area contributed by atoms with Gasteiger partial charge in [-0.25, -0.2) is 0 Å². The number of nitrogens with two attached hydrogens (primary N) is 1. The first-order chi connectivity index (χ1) is 10.7. The molecule has 0 aliphatic carbocycles. The van der Waals surface area contributed by atoms with Crippen LogP contribution >= 0.6 is 0 Å². The average Bonchev–Trinajstić information content (AvgIpc) is 2.55. The minimum atomic E-state index is 0.0718. The van der Waals surface area contributed by atoms with Crippen LogP contribution in [0.1, 0.15) is 11.1 Å². The molecule has 4 nitrogen and oxygen atoms in total. The van der Waals surface area contributed by atoms with Crippen LogP contribution < -0.4 is 10.5 Å². The molecule has 2 rings (SSSR count). The van der Waals surface area contributed by atoms with E-state index < -0.39 is 0 Å². The molecular weight excluding hydrogens is 276 g/mol. The van der Waals surface area contributed by atoms with Crippen molar-refractivity contribution in [2.24, 2.45) is 5.73 Å². The molecule has 0 aromatic heterocycles. The van der Waals surface area contributed by atoms with E-state index in [0.717, 1.165) is 16.9 Å². The zero-order chi connectivity index (χ0) is 15.8. The van der Waals surface area contributed by atoms with Crippen molar-refractivity contribution in [2.75, 3.05) is 20.2 Å². The summed E-state index contributed by atoms with van der Waals surface area (Å²) in [6.45, 7) is 1.59. The third-order valence-electron chi connectivity index (χ3n) is 3.46. The zero-order valence-corrected chi connectivity index (χ0v) is 12.9. The summed E-state index contributed by atoms with van der Waals surface area (Å²) in [5.74, 6) is 0.835. The van der Waals surface area contributed by atoms with E-state index in [2.05, 4.69) is 0 Å². The molecule has 0 radical (unpaired) electrons. The molecule has 0 heterocycles. The van der Waals surface area contributed by atoms with Crippen LogP contribution in [0.15, 0.2) is 54.6 Å². The molecule has 116 valence electrons. The summed E-state index contributed by atoms with van der Waals surface area (Å²) in [5.41, 5.74) is 7.70. The second-order valence-electron chi connectivity index (χ2n) is 5.12. The van der Waals surface area contributed by atoms with Crippen LogP contribution in [0.2, 0.25) is 0 Å². The second-order valence-corrected chi connectivity index (χ2v) is 5.12. The molecule has 0 saturated heterocycles. The normalized spacial score (nSPS) is 10.3. The first-order valence-corrected chi connectivity index (χ1v) is 7.37. The predicted molar refractivity (Wildman–Crippen MR) is 87.6 cm³/mol. The number of carbonyl (C=O) groups is 1. The van der Waals surface area contributed by atoms with Gasteiger partial charge in [-0.05, 0) is 23.3 Å². The van der Waals surface area contributed by atoms with Gasteiger partial charge < -0.3 is 15.4 Å². The maximum Gasteiger partial charge on any atom is 0.227 e. The monoisotopic (exact) mass is 298 g/mol. The molecule has 22 heavy (non-hydrogen) atoms. The van der Waals surface area contributed by atoms with Gasteiger partial charge in [-0.3, -0.25) is 4.79 Å². The summed E-state index contributed by atoms with van der Waals surface area (Å²) in [4.78, 5) is 14.3. The van der Waals surface area contributed by atoms with Crippen molar-refractivity contribution < 1.29 is 9.53 Å². The fourth-order valence-electron chi connectivity index (χ4n) is 2.32. The van der Waals surface area contributed by atoms with E-state index >= 15 is 0 Å². The number of hydrogen-bond acceptors (Lipinski definition) is 3. The average molecular weight is 298 g/mol. The first kappa shape index (κ1) is 16.0. The van der Waals surface area contributed by atoms with Gasteiger partial charge in [0.05, 0.1) is 13.5 Å². The van der Waals surface area contributed by atoms with E-state index in [1.165, 1.54) is 0 Å². The summed E-state index contributed by atoms with van der Waals surface area (Å²) < 4.78 is 5.20. The smallest absolute Gasteiger partial charge is 0.227 e. The molecule has 0 bridgehead atoms. The molecule has 4 heteroatoms. The van der Waals surface area contributed by atoms with Crippen LogP contribution in [0.4, 0.5) is 0 Å². The molecule has 0 unspecified atom stereocenters. The largest absolute Gasteiger partial charge is 0.497 e. The lowest BCUT2D eigenvalue weighted by Crippen LogP contribution is -2.35. The number of nitrogens with zero attached hydrogens (tertiary/aromatic N) is 1. The molecule has 0 aliphatic rings. The summed E-state index contributed by atoms with van der Waals surface area (Å²) in [6, 6.07) is 17.5. The Morgan fingerprint density at radius 1 is 1.09 bits per heavy atom. The number of methoxy groups -OCH3 is 1. The van der Waals surface area contributed by atoms with E-state index in [1.807, 2.05) is 54.6 Å². The van der Waals surface area contributed by atoms with Gasteiger partial charge in [0, 0.05) is 19.6 Å². The van der Waals surface area contributed by atoms with Gasteiger partial charge in [0.1, 0.15) is 5.75 Å². The molecule has 0 saturated carbocycles. The van der Waals surface area contributed by atoms with Crippen LogP contribution in [-0.2, 0) is 17.8 Å². The summed E-state index contributed by atoms with van der Waals surface area (Å²) in [6.07, 6.45) is 0.351. The van der Waals surface area contributed by atoms with E-state index in [4.69, 9.17) is 10.5 Å². The van der Waals surface area contributed by atoms with Gasteiger partial charge >= 0.3 is 0 Å². The Hall–Kier alpha value is -2.33. The third kappa shape index (κ3) is 4.60. The van der Waals surface area contributed by atoms with Gasteiger partial charge in [0.25, 0.3) is 0 Å². The van der Waals surface area contributed by atoms with Crippen LogP contribution in [0.3, 0.4) is 0 Å². The number of benzene rings is 2. The third-order valence-corrected chi connectivity index (χ3v) is 3.46. The Labute approximate surface area is 131 Å². The Kier molecular flexibility index (Phi) is 5.98. The highest BCUT2D eigenvalue weighted by Gasteiger charge is 2.14. The Balaban J connectivity index is 2.05. The van der Waals surface area contributed by atoms with Crippen molar-refractivity contribution in [1.82, 2.24) is 4.90 Å². The fourth-order valence-corrected chi connectivity index (χ4v) is 2.32. The molecule has 0 atom stereocenters. The fraction of sp³-hybridized carbons (Fsp3) is 0.278. The molecular formula is C18H22N2O2. The lowest BCUT2D eigenvalue weighted by Gasteiger charge is -2.22. The molecule has 0 spiro atoms. The van der Waals surface area contributed by atoms with E-state index in [1.54, 1.807) is 12.0 Å². The van der Waals surface area contributed by atoms with Crippen molar-refractivity contribution >= 4 is 5.91 Å². The highest BCUT2D eigenvalue weighted by Crippen LogP contribution is 2.14. The molecule has 2 aromatic rings. The van der Waals surface area contributed by atoms with Crippen molar-refractivity contribution in [2.45, 2.75) is 13.0 Å². The maximum absolute atomic E-state index is 12.5. The molecule has 0 aliphatic heterocycles. The van der Waals surface area contributed by atoms with E-state index in [-0.39, 0.29) is 5.91 Å². The van der Waals surface area contributed by atoms with E-state index in [0.29, 0.717) is 26.1 Å². The van der Waals surface area contributed by atoms with Gasteiger partial charge in [-0.15, -0.1) is 0 Å². The molecule has 2 aromatic carbocycles. The topological polar surface area (TPSA) is 55.6 Å². The number of carbonyl (C=O) groups excluding carboxylic acids is 1. The Morgan fingerprint density at radius 2 is 1.82 bits per heavy atom. The predicted octanol–water partition coefficient (Wildman–Crippen LogP) is 2.23. The SMILES string of the molecule is COc1cccc(CC(=O)N(CCN)Cc2ccccc2)c1. The highest BCUT2D eigenvalue weighted by molar-refractivity contribution is 5.79. The number of ether oxygens (including phenoxy) is 1. The van der Waals surface area contributed by atoms with Crippen molar-refractivity contribution in [3.8, 4) is 5.75 Å². The molecule has 0 fully saturated rings. The second kappa shape index (κ2) is 8.20. The minimum absolute atomic E-state index is 0.0718. The van der Waals surface area contributed by atoms with Gasteiger partial charge in [-0.1, -0.05) is 42.5 Å². The zero-order valence-electron chi connectivity index (χ0n) is 12.9. The van der Waals surface area contributed by atoms with Crippen LogP contribution in [-0.4, -0.2) is 31.0 Å². The molecule has 2 N–H and O–H groups in total.